The van der Waals surface area contributed by atoms with Crippen LogP contribution in [0.4, 0.5) is 16.2 Å². The molecule has 5 fully saturated rings. The molecule has 5 heterocycles. The van der Waals surface area contributed by atoms with Gasteiger partial charge in [-0.3, -0.25) is 0 Å². The average Bonchev–Trinajstić information content (AvgIpc) is 3.06. The fourth-order valence-electron chi connectivity index (χ4n) is 6.06. The molecule has 1 unspecified atom stereocenters. The van der Waals surface area contributed by atoms with Gasteiger partial charge in [0.15, 0.2) is 9.84 Å². The zero-order chi connectivity index (χ0) is 23.2. The first-order valence-electron chi connectivity index (χ1n) is 12.2. The summed E-state index contributed by atoms with van der Waals surface area (Å²) in [4.78, 5) is 22.0. The Hall–Kier alpha value is -2.00. The number of ether oxygens (including phenoxy) is 1. The largest absolute Gasteiger partial charge is 0.378 e. The van der Waals surface area contributed by atoms with Gasteiger partial charge in [-0.05, 0) is 42.0 Å². The number of anilines is 2. The lowest BCUT2D eigenvalue weighted by atomic mass is 9.73. The zero-order valence-electron chi connectivity index (χ0n) is 19.8. The molecule has 33 heavy (non-hydrogen) atoms. The molecule has 8 nitrogen and oxygen atoms in total. The summed E-state index contributed by atoms with van der Waals surface area (Å²) in [6.07, 6.45) is 1.13. The van der Waals surface area contributed by atoms with Crippen molar-refractivity contribution in [2.75, 3.05) is 80.3 Å². The van der Waals surface area contributed by atoms with Crippen molar-refractivity contribution in [3.8, 4) is 0 Å². The van der Waals surface area contributed by atoms with Gasteiger partial charge in [-0.25, -0.2) is 13.2 Å². The monoisotopic (exact) mass is 476 g/mol. The smallest absolute Gasteiger partial charge is 0.320 e. The van der Waals surface area contributed by atoms with Gasteiger partial charge in [-0.1, -0.05) is 13.8 Å². The molecule has 2 amide bonds. The van der Waals surface area contributed by atoms with Crippen molar-refractivity contribution in [3.63, 3.8) is 0 Å². The van der Waals surface area contributed by atoms with Crippen molar-refractivity contribution in [1.82, 2.24) is 9.80 Å². The number of rotatable bonds is 2. The van der Waals surface area contributed by atoms with E-state index >= 15 is 0 Å². The van der Waals surface area contributed by atoms with Crippen LogP contribution in [-0.2, 0) is 14.6 Å². The van der Waals surface area contributed by atoms with E-state index in [0.29, 0.717) is 45.3 Å². The molecule has 0 N–H and O–H groups in total. The van der Waals surface area contributed by atoms with Crippen molar-refractivity contribution in [3.05, 3.63) is 24.3 Å². The van der Waals surface area contributed by atoms with Crippen LogP contribution in [0.25, 0.3) is 0 Å². The van der Waals surface area contributed by atoms with Gasteiger partial charge in [0.05, 0.1) is 30.8 Å². The van der Waals surface area contributed by atoms with E-state index in [0.717, 1.165) is 31.7 Å². The average molecular weight is 477 g/mol. The number of fused-ring (bicyclic) bond motifs is 4. The quantitative estimate of drug-likeness (QED) is 0.649. The van der Waals surface area contributed by atoms with Crippen LogP contribution >= 0.6 is 0 Å². The lowest BCUT2D eigenvalue weighted by Crippen LogP contribution is -2.55. The molecule has 9 heteroatoms. The van der Waals surface area contributed by atoms with Crippen molar-refractivity contribution in [2.24, 2.45) is 11.3 Å². The SMILES string of the molecule is CC1(C)C[C@@H]2CN(C(=O)N3CCOCC3)CC1N(c1ccc(N3CCS(=O)(=O)CC3)cc1)C2. The molecule has 2 atom stereocenters. The first-order chi connectivity index (χ1) is 15.7. The van der Waals surface area contributed by atoms with Gasteiger partial charge in [0, 0.05) is 57.2 Å². The minimum absolute atomic E-state index is 0.114. The Kier molecular flexibility index (Phi) is 5.97. The Labute approximate surface area is 197 Å². The molecule has 1 aromatic carbocycles. The molecule has 5 aliphatic heterocycles. The third-order valence-corrected chi connectivity index (χ3v) is 9.47. The standard InChI is InChI=1S/C24H36N4O4S/c1-24(2)15-19-16-27(23(29)26-7-11-32-12-8-26)18-22(24)28(17-19)21-5-3-20(4-6-21)25-9-13-33(30,31)14-10-25/h3-6,19,22H,7-18H2,1-2H3/t19-,22?/m1/s1. The zero-order valence-corrected chi connectivity index (χ0v) is 20.6. The molecular formula is C24H36N4O4S. The van der Waals surface area contributed by atoms with Crippen LogP contribution in [0.3, 0.4) is 0 Å². The lowest BCUT2D eigenvalue weighted by molar-refractivity contribution is 0.0428. The molecule has 0 spiro atoms. The summed E-state index contributed by atoms with van der Waals surface area (Å²) in [5.74, 6) is 0.896. The Balaban J connectivity index is 1.33. The molecule has 0 radical (unpaired) electrons. The molecule has 2 bridgehead atoms. The molecule has 1 aromatic rings. The summed E-state index contributed by atoms with van der Waals surface area (Å²) in [5, 5.41) is 0. The van der Waals surface area contributed by atoms with Crippen LogP contribution in [0.1, 0.15) is 20.3 Å². The predicted octanol–water partition coefficient (Wildman–Crippen LogP) is 1.91. The highest BCUT2D eigenvalue weighted by Gasteiger charge is 2.47. The van der Waals surface area contributed by atoms with Crippen LogP contribution in [-0.4, -0.2) is 101 Å². The molecule has 5 saturated heterocycles. The van der Waals surface area contributed by atoms with E-state index in [1.54, 1.807) is 0 Å². The third kappa shape index (κ3) is 4.67. The molecule has 182 valence electrons. The van der Waals surface area contributed by atoms with Gasteiger partial charge < -0.3 is 24.3 Å². The third-order valence-electron chi connectivity index (χ3n) is 7.86. The normalized spacial score (nSPS) is 29.2. The lowest BCUT2D eigenvalue weighted by Gasteiger charge is -2.48. The van der Waals surface area contributed by atoms with Crippen LogP contribution in [0.5, 0.6) is 0 Å². The highest BCUT2D eigenvalue weighted by Crippen LogP contribution is 2.43. The summed E-state index contributed by atoms with van der Waals surface area (Å²) in [7, 11) is -2.88. The number of morpholine rings is 1. The second-order valence-corrected chi connectivity index (χ2v) is 13.0. The summed E-state index contributed by atoms with van der Waals surface area (Å²) in [5.41, 5.74) is 2.38. The number of amides is 2. The Morgan fingerprint density at radius 1 is 0.909 bits per heavy atom. The van der Waals surface area contributed by atoms with Gasteiger partial charge in [0.25, 0.3) is 0 Å². The minimum Gasteiger partial charge on any atom is -0.378 e. The van der Waals surface area contributed by atoms with E-state index in [4.69, 9.17) is 4.74 Å². The molecule has 0 saturated carbocycles. The van der Waals surface area contributed by atoms with Crippen molar-refractivity contribution in [1.29, 1.82) is 0 Å². The van der Waals surface area contributed by atoms with E-state index in [1.165, 1.54) is 5.69 Å². The van der Waals surface area contributed by atoms with E-state index in [-0.39, 0.29) is 29.0 Å². The fraction of sp³-hybridized carbons (Fsp3) is 0.708. The van der Waals surface area contributed by atoms with Crippen LogP contribution in [0.2, 0.25) is 0 Å². The topological polar surface area (TPSA) is 73.4 Å². The number of carbonyl (C=O) groups excluding carboxylic acids is 1. The molecule has 0 aliphatic carbocycles. The Bertz CT molecular complexity index is 961. The predicted molar refractivity (Wildman–Crippen MR) is 130 cm³/mol. The molecule has 6 rings (SSSR count). The fourth-order valence-corrected chi connectivity index (χ4v) is 7.26. The van der Waals surface area contributed by atoms with E-state index in [9.17, 15) is 13.2 Å². The Morgan fingerprint density at radius 3 is 2.21 bits per heavy atom. The number of sulfone groups is 1. The molecule has 0 aromatic heterocycles. The van der Waals surface area contributed by atoms with Gasteiger partial charge in [-0.15, -0.1) is 0 Å². The number of piperidine rings is 1. The maximum Gasteiger partial charge on any atom is 0.320 e. The highest BCUT2D eigenvalue weighted by atomic mass is 32.2. The number of urea groups is 1. The number of benzene rings is 1. The van der Waals surface area contributed by atoms with E-state index in [2.05, 4.69) is 52.8 Å². The molecular weight excluding hydrogens is 440 g/mol. The van der Waals surface area contributed by atoms with Crippen LogP contribution in [0, 0.1) is 11.3 Å². The highest BCUT2D eigenvalue weighted by molar-refractivity contribution is 7.91. The minimum atomic E-state index is -2.88. The van der Waals surface area contributed by atoms with Gasteiger partial charge >= 0.3 is 6.03 Å². The van der Waals surface area contributed by atoms with Crippen molar-refractivity contribution >= 4 is 27.2 Å². The molecule has 5 aliphatic rings. The maximum atomic E-state index is 13.3. The van der Waals surface area contributed by atoms with Crippen LogP contribution < -0.4 is 9.80 Å². The summed E-state index contributed by atoms with van der Waals surface area (Å²) in [6.45, 7) is 10.9. The number of carbonyl (C=O) groups is 1. The van der Waals surface area contributed by atoms with Crippen molar-refractivity contribution in [2.45, 2.75) is 26.3 Å². The first kappa shape index (κ1) is 22.8. The second kappa shape index (κ2) is 8.65. The van der Waals surface area contributed by atoms with Crippen LogP contribution in [0.15, 0.2) is 24.3 Å². The van der Waals surface area contributed by atoms with E-state index < -0.39 is 9.84 Å². The van der Waals surface area contributed by atoms with Gasteiger partial charge in [0.1, 0.15) is 0 Å². The number of hydrogen-bond donors (Lipinski definition) is 0. The van der Waals surface area contributed by atoms with E-state index in [1.807, 2.05) is 4.90 Å². The van der Waals surface area contributed by atoms with Gasteiger partial charge in [0.2, 0.25) is 0 Å². The Morgan fingerprint density at radius 2 is 1.55 bits per heavy atom. The summed E-state index contributed by atoms with van der Waals surface area (Å²) >= 11 is 0. The number of hydrogen-bond acceptors (Lipinski definition) is 6. The maximum absolute atomic E-state index is 13.3. The second-order valence-electron chi connectivity index (χ2n) is 10.7. The first-order valence-corrected chi connectivity index (χ1v) is 14.0. The summed E-state index contributed by atoms with van der Waals surface area (Å²) < 4.78 is 29.0. The van der Waals surface area contributed by atoms with Gasteiger partial charge in [-0.2, -0.15) is 0 Å². The summed E-state index contributed by atoms with van der Waals surface area (Å²) in [6, 6.07) is 8.99. The van der Waals surface area contributed by atoms with Crippen molar-refractivity contribution < 1.29 is 17.9 Å². The number of nitrogens with zero attached hydrogens (tertiary/aromatic N) is 4.